The average Bonchev–Trinajstić information content (AvgIpc) is 2.66. The first-order chi connectivity index (χ1) is 12.7. The Bertz CT molecular complexity index is 844. The molecule has 0 aromatic heterocycles. The van der Waals surface area contributed by atoms with Crippen molar-refractivity contribution >= 4 is 5.71 Å². The number of hydrogen-bond acceptors (Lipinski definition) is 4. The fourth-order valence-electron chi connectivity index (χ4n) is 4.51. The molecule has 1 aromatic carbocycles. The number of likely N-dealkylation sites (tertiary alicyclic amines) is 1. The van der Waals surface area contributed by atoms with Crippen LogP contribution in [0.4, 0.5) is 0 Å². The Hall–Kier alpha value is -2.17. The van der Waals surface area contributed by atoms with Gasteiger partial charge < -0.3 is 9.84 Å². The van der Waals surface area contributed by atoms with Crippen LogP contribution in [0, 0.1) is 11.8 Å². The molecule has 3 aliphatic heterocycles. The number of nitrogens with zero attached hydrogens (tertiary/aromatic N) is 2. The average molecular weight is 348 g/mol. The van der Waals surface area contributed by atoms with Gasteiger partial charge in [-0.1, -0.05) is 24.8 Å². The van der Waals surface area contributed by atoms with E-state index in [0.717, 1.165) is 60.8 Å². The molecule has 0 radical (unpaired) electrons. The summed E-state index contributed by atoms with van der Waals surface area (Å²) in [5.74, 6) is 2.37. The molecule has 1 aromatic rings. The van der Waals surface area contributed by atoms with Crippen molar-refractivity contribution in [3.05, 3.63) is 65.5 Å². The highest BCUT2D eigenvalue weighted by molar-refractivity contribution is 6.08. The zero-order chi connectivity index (χ0) is 17.7. The van der Waals surface area contributed by atoms with Gasteiger partial charge in [0.1, 0.15) is 11.5 Å². The third-order valence-corrected chi connectivity index (χ3v) is 5.97. The maximum absolute atomic E-state index is 9.70. The van der Waals surface area contributed by atoms with Gasteiger partial charge in [0.15, 0.2) is 0 Å². The summed E-state index contributed by atoms with van der Waals surface area (Å²) in [6.45, 7) is 7.74. The maximum Gasteiger partial charge on any atom is 0.136 e. The van der Waals surface area contributed by atoms with E-state index < -0.39 is 0 Å². The molecule has 2 atom stereocenters. The normalized spacial score (nSPS) is 28.0. The number of aliphatic imine (C=N–C) groups is 1. The number of hydrogen-bond donors (Lipinski definition) is 1. The molecule has 0 amide bonds. The summed E-state index contributed by atoms with van der Waals surface area (Å²) in [6, 6.07) is 6.49. The van der Waals surface area contributed by atoms with Gasteiger partial charge in [-0.15, -0.1) is 0 Å². The molecule has 0 spiro atoms. The van der Waals surface area contributed by atoms with Crippen LogP contribution in [-0.4, -0.2) is 41.5 Å². The summed E-state index contributed by atoms with van der Waals surface area (Å²) in [6.07, 6.45) is 7.97. The molecule has 1 aliphatic carbocycles. The first-order valence-corrected chi connectivity index (χ1v) is 9.51. The van der Waals surface area contributed by atoms with Crippen molar-refractivity contribution in [3.63, 3.8) is 0 Å². The standard InChI is InChI=1S/C22H24N2O2/c1-14-12-23-22-18-11-15(13-24-9-7-16(25)8-10-24)5-6-19(18)26-20-4-2-3-17(14)21(20)22/h2-6,11,16-17,21,25H,1,7-10,12-13H2. The molecular weight excluding hydrogens is 324 g/mol. The molecule has 4 aliphatic rings. The number of rotatable bonds is 2. The van der Waals surface area contributed by atoms with Crippen molar-refractivity contribution in [1.82, 2.24) is 4.90 Å². The number of ether oxygens (including phenoxy) is 1. The number of piperidine rings is 1. The minimum atomic E-state index is -0.130. The highest BCUT2D eigenvalue weighted by atomic mass is 16.5. The van der Waals surface area contributed by atoms with Gasteiger partial charge in [-0.05, 0) is 42.2 Å². The van der Waals surface area contributed by atoms with Crippen molar-refractivity contribution in [2.45, 2.75) is 25.5 Å². The Morgan fingerprint density at radius 2 is 2.12 bits per heavy atom. The second-order valence-electron chi connectivity index (χ2n) is 7.76. The molecule has 0 saturated carbocycles. The van der Waals surface area contributed by atoms with Crippen LogP contribution in [0.2, 0.25) is 0 Å². The number of aliphatic hydroxyl groups excluding tert-OH is 1. The summed E-state index contributed by atoms with van der Waals surface area (Å²) >= 11 is 0. The third-order valence-electron chi connectivity index (χ3n) is 5.97. The molecule has 0 bridgehead atoms. The molecule has 134 valence electrons. The minimum Gasteiger partial charge on any atom is -0.460 e. The van der Waals surface area contributed by atoms with Crippen LogP contribution < -0.4 is 4.74 Å². The lowest BCUT2D eigenvalue weighted by Crippen LogP contribution is -2.38. The lowest BCUT2D eigenvalue weighted by molar-refractivity contribution is 0.0792. The molecule has 26 heavy (non-hydrogen) atoms. The van der Waals surface area contributed by atoms with E-state index in [-0.39, 0.29) is 12.0 Å². The summed E-state index contributed by atoms with van der Waals surface area (Å²) < 4.78 is 6.22. The Labute approximate surface area is 154 Å². The Balaban J connectivity index is 1.46. The molecule has 2 unspecified atom stereocenters. The van der Waals surface area contributed by atoms with Crippen molar-refractivity contribution < 1.29 is 9.84 Å². The van der Waals surface area contributed by atoms with E-state index in [0.29, 0.717) is 12.5 Å². The van der Waals surface area contributed by atoms with E-state index in [9.17, 15) is 5.11 Å². The van der Waals surface area contributed by atoms with E-state index in [2.05, 4.69) is 47.9 Å². The Morgan fingerprint density at radius 3 is 2.96 bits per heavy atom. The highest BCUT2D eigenvalue weighted by Crippen LogP contribution is 2.44. The van der Waals surface area contributed by atoms with Gasteiger partial charge in [-0.2, -0.15) is 0 Å². The van der Waals surface area contributed by atoms with Crippen LogP contribution >= 0.6 is 0 Å². The van der Waals surface area contributed by atoms with Crippen LogP contribution in [0.25, 0.3) is 0 Å². The molecule has 1 saturated heterocycles. The number of benzene rings is 1. The molecule has 4 nitrogen and oxygen atoms in total. The van der Waals surface area contributed by atoms with E-state index in [1.165, 1.54) is 5.56 Å². The summed E-state index contributed by atoms with van der Waals surface area (Å²) in [4.78, 5) is 7.29. The van der Waals surface area contributed by atoms with Gasteiger partial charge in [0.05, 0.1) is 24.3 Å². The second kappa shape index (κ2) is 6.22. The fourth-order valence-corrected chi connectivity index (χ4v) is 4.51. The van der Waals surface area contributed by atoms with Crippen LogP contribution in [-0.2, 0) is 6.54 Å². The molecule has 1 fully saturated rings. The summed E-state index contributed by atoms with van der Waals surface area (Å²) in [5, 5.41) is 9.70. The molecule has 3 heterocycles. The number of aliphatic hydroxyl groups is 1. The Morgan fingerprint density at radius 1 is 1.27 bits per heavy atom. The molecule has 4 heteroatoms. The van der Waals surface area contributed by atoms with Gasteiger partial charge >= 0.3 is 0 Å². The smallest absolute Gasteiger partial charge is 0.136 e. The van der Waals surface area contributed by atoms with Gasteiger partial charge in [-0.3, -0.25) is 9.89 Å². The topological polar surface area (TPSA) is 45.1 Å². The van der Waals surface area contributed by atoms with E-state index in [4.69, 9.17) is 9.73 Å². The van der Waals surface area contributed by atoms with E-state index in [1.807, 2.05) is 0 Å². The largest absolute Gasteiger partial charge is 0.460 e. The van der Waals surface area contributed by atoms with Crippen LogP contribution in [0.5, 0.6) is 5.75 Å². The number of fused-ring (bicyclic) bond motifs is 2. The first-order valence-electron chi connectivity index (χ1n) is 9.51. The zero-order valence-corrected chi connectivity index (χ0v) is 14.9. The van der Waals surface area contributed by atoms with Crippen LogP contribution in [0.1, 0.15) is 24.0 Å². The molecular formula is C22H24N2O2. The summed E-state index contributed by atoms with van der Waals surface area (Å²) in [7, 11) is 0. The van der Waals surface area contributed by atoms with Gasteiger partial charge in [0.2, 0.25) is 0 Å². The Kier molecular flexibility index (Phi) is 3.84. The minimum absolute atomic E-state index is 0.130. The predicted molar refractivity (Wildman–Crippen MR) is 102 cm³/mol. The van der Waals surface area contributed by atoms with Gasteiger partial charge in [0.25, 0.3) is 0 Å². The second-order valence-corrected chi connectivity index (χ2v) is 7.76. The monoisotopic (exact) mass is 348 g/mol. The van der Waals surface area contributed by atoms with Crippen molar-refractivity contribution in [2.24, 2.45) is 16.8 Å². The number of allylic oxidation sites excluding steroid dienone is 4. The van der Waals surface area contributed by atoms with E-state index >= 15 is 0 Å². The quantitative estimate of drug-likeness (QED) is 0.836. The first kappa shape index (κ1) is 16.0. The predicted octanol–water partition coefficient (Wildman–Crippen LogP) is 3.08. The summed E-state index contributed by atoms with van der Waals surface area (Å²) in [5.41, 5.74) is 4.73. The SMILES string of the molecule is C=C1CN=C2c3cc(CN4CCC(O)CC4)ccc3OC3=CC=CC1C32. The highest BCUT2D eigenvalue weighted by Gasteiger charge is 2.40. The van der Waals surface area contributed by atoms with E-state index in [1.54, 1.807) is 0 Å². The zero-order valence-electron chi connectivity index (χ0n) is 14.9. The molecule has 5 rings (SSSR count). The van der Waals surface area contributed by atoms with Crippen molar-refractivity contribution in [1.29, 1.82) is 0 Å². The maximum atomic E-state index is 9.70. The molecule has 1 N–H and O–H groups in total. The van der Waals surface area contributed by atoms with Gasteiger partial charge in [-0.25, -0.2) is 0 Å². The van der Waals surface area contributed by atoms with Crippen molar-refractivity contribution in [3.8, 4) is 5.75 Å². The van der Waals surface area contributed by atoms with Crippen LogP contribution in [0.15, 0.2) is 59.3 Å². The lowest BCUT2D eigenvalue weighted by Gasteiger charge is -2.38. The van der Waals surface area contributed by atoms with Crippen molar-refractivity contribution in [2.75, 3.05) is 19.6 Å². The third kappa shape index (κ3) is 2.65. The van der Waals surface area contributed by atoms with Crippen LogP contribution in [0.3, 0.4) is 0 Å². The lowest BCUT2D eigenvalue weighted by atomic mass is 9.74. The van der Waals surface area contributed by atoms with Gasteiger partial charge in [0, 0.05) is 31.1 Å². The fraction of sp³-hybridized carbons (Fsp3) is 0.409.